The first-order chi connectivity index (χ1) is 14.3. The zero-order valence-electron chi connectivity index (χ0n) is 18.1. The van der Waals surface area contributed by atoms with Crippen LogP contribution in [0.25, 0.3) is 6.08 Å². The Morgan fingerprint density at radius 1 is 1.13 bits per heavy atom. The third-order valence-electron chi connectivity index (χ3n) is 7.12. The van der Waals surface area contributed by atoms with Gasteiger partial charge in [-0.15, -0.1) is 0 Å². The highest BCUT2D eigenvalue weighted by Gasteiger charge is 2.58. The maximum atomic E-state index is 12.6. The minimum Gasteiger partial charge on any atom is -0.497 e. The van der Waals surface area contributed by atoms with E-state index >= 15 is 0 Å². The van der Waals surface area contributed by atoms with Crippen molar-refractivity contribution in [3.8, 4) is 5.75 Å². The van der Waals surface area contributed by atoms with Crippen LogP contribution in [0.4, 0.5) is 0 Å². The first-order valence-corrected chi connectivity index (χ1v) is 10.4. The summed E-state index contributed by atoms with van der Waals surface area (Å²) in [6.45, 7) is 6.39. The molecule has 1 aromatic carbocycles. The summed E-state index contributed by atoms with van der Waals surface area (Å²) in [5.74, 6) is -0.130. The summed E-state index contributed by atoms with van der Waals surface area (Å²) in [5, 5.41) is 0. The molecule has 0 radical (unpaired) electrons. The smallest absolute Gasteiger partial charge is 0.331 e. The van der Waals surface area contributed by atoms with Crippen LogP contribution in [0.1, 0.15) is 45.6 Å². The lowest BCUT2D eigenvalue weighted by atomic mass is 9.48. The highest BCUT2D eigenvalue weighted by molar-refractivity contribution is 5.87. The quantitative estimate of drug-likeness (QED) is 0.395. The van der Waals surface area contributed by atoms with E-state index < -0.39 is 23.4 Å². The average Bonchev–Trinajstić information content (AvgIpc) is 2.74. The highest BCUT2D eigenvalue weighted by atomic mass is 16.5. The van der Waals surface area contributed by atoms with E-state index in [1.54, 1.807) is 13.2 Å². The number of hydrogen-bond donors (Lipinski definition) is 0. The number of ether oxygens (including phenoxy) is 2. The molecular weight excluding hydrogens is 380 g/mol. The van der Waals surface area contributed by atoms with Crippen molar-refractivity contribution in [3.05, 3.63) is 47.6 Å². The van der Waals surface area contributed by atoms with Gasteiger partial charge in [0.05, 0.1) is 13.0 Å². The summed E-state index contributed by atoms with van der Waals surface area (Å²) in [6.07, 6.45) is 8.44. The molecule has 5 heteroatoms. The second kappa shape index (κ2) is 8.58. The Hall–Kier alpha value is -2.69. The minimum atomic E-state index is -0.613. The van der Waals surface area contributed by atoms with Crippen molar-refractivity contribution < 1.29 is 23.9 Å². The van der Waals surface area contributed by atoms with Crippen molar-refractivity contribution in [1.82, 2.24) is 0 Å². The van der Waals surface area contributed by atoms with Crippen LogP contribution in [0.3, 0.4) is 0 Å². The van der Waals surface area contributed by atoms with Gasteiger partial charge in [0.1, 0.15) is 24.4 Å². The summed E-state index contributed by atoms with van der Waals surface area (Å²) in [5.41, 5.74) is 0.730. The number of allylic oxidation sites excluding steroid dienone is 2. The Morgan fingerprint density at radius 3 is 2.43 bits per heavy atom. The fourth-order valence-corrected chi connectivity index (χ4v) is 5.38. The first-order valence-electron chi connectivity index (χ1n) is 10.4. The molecule has 5 nitrogen and oxygen atoms in total. The molecule has 2 aliphatic carbocycles. The average molecular weight is 411 g/mol. The molecule has 0 bridgehead atoms. The van der Waals surface area contributed by atoms with Crippen LogP contribution in [0.5, 0.6) is 5.75 Å². The van der Waals surface area contributed by atoms with Gasteiger partial charge in [-0.3, -0.25) is 4.79 Å². The summed E-state index contributed by atoms with van der Waals surface area (Å²) >= 11 is 0. The van der Waals surface area contributed by atoms with Crippen molar-refractivity contribution >= 4 is 24.6 Å². The van der Waals surface area contributed by atoms with Crippen molar-refractivity contribution in [2.45, 2.75) is 46.1 Å². The molecule has 1 fully saturated rings. The van der Waals surface area contributed by atoms with Crippen molar-refractivity contribution in [3.63, 3.8) is 0 Å². The molecular formula is C25H30O5. The predicted molar refractivity (Wildman–Crippen MR) is 115 cm³/mol. The lowest BCUT2D eigenvalue weighted by molar-refractivity contribution is -0.175. The first kappa shape index (κ1) is 22.0. The molecule has 0 N–H and O–H groups in total. The SMILES string of the molecule is COc1ccc(/C=C/C(=O)O[C@@H]2CCC(C)(C)[C@@H]3CC=C(C=O)[C@H](C=O)[C@@]23C)cc1. The maximum Gasteiger partial charge on any atom is 0.331 e. The van der Waals surface area contributed by atoms with Gasteiger partial charge in [0.15, 0.2) is 0 Å². The summed E-state index contributed by atoms with van der Waals surface area (Å²) in [7, 11) is 1.60. The number of fused-ring (bicyclic) bond motifs is 1. The largest absolute Gasteiger partial charge is 0.497 e. The Morgan fingerprint density at radius 2 is 1.83 bits per heavy atom. The monoisotopic (exact) mass is 410 g/mol. The summed E-state index contributed by atoms with van der Waals surface area (Å²) in [6, 6.07) is 7.36. The van der Waals surface area contributed by atoms with E-state index in [9.17, 15) is 14.4 Å². The van der Waals surface area contributed by atoms with E-state index in [1.807, 2.05) is 37.3 Å². The lowest BCUT2D eigenvalue weighted by Crippen LogP contribution is -2.57. The fraction of sp³-hybridized carbons (Fsp3) is 0.480. The van der Waals surface area contributed by atoms with Gasteiger partial charge >= 0.3 is 5.97 Å². The normalized spacial score (nSPS) is 30.1. The highest BCUT2D eigenvalue weighted by Crippen LogP contribution is 2.59. The second-order valence-electron chi connectivity index (χ2n) is 9.15. The van der Waals surface area contributed by atoms with Crippen LogP contribution in [0, 0.1) is 22.7 Å². The van der Waals surface area contributed by atoms with E-state index in [4.69, 9.17) is 9.47 Å². The van der Waals surface area contributed by atoms with E-state index in [-0.39, 0.29) is 11.3 Å². The predicted octanol–water partition coefficient (Wildman–Crippen LogP) is 4.41. The zero-order chi connectivity index (χ0) is 21.9. The van der Waals surface area contributed by atoms with Gasteiger partial charge in [0, 0.05) is 11.5 Å². The van der Waals surface area contributed by atoms with Gasteiger partial charge < -0.3 is 14.3 Å². The standard InChI is InChI=1S/C25H30O5/c1-24(2)14-13-22(25(3)20(16-27)18(15-26)8-11-21(24)25)30-23(28)12-7-17-5-9-19(29-4)10-6-17/h5-10,12,15-16,20-22H,11,13-14H2,1-4H3/b12-7+/t20-,21-,22+,25+/m0/s1. The van der Waals surface area contributed by atoms with Crippen molar-refractivity contribution in [2.75, 3.05) is 7.11 Å². The van der Waals surface area contributed by atoms with Gasteiger partial charge in [-0.05, 0) is 59.9 Å². The number of benzene rings is 1. The molecule has 3 rings (SSSR count). The number of carbonyl (C=O) groups is 3. The third-order valence-corrected chi connectivity index (χ3v) is 7.12. The summed E-state index contributed by atoms with van der Waals surface area (Å²) < 4.78 is 11.0. The molecule has 4 atom stereocenters. The molecule has 0 heterocycles. The molecule has 0 saturated heterocycles. The van der Waals surface area contributed by atoms with Gasteiger partial charge in [-0.25, -0.2) is 4.79 Å². The van der Waals surface area contributed by atoms with Gasteiger partial charge in [0.2, 0.25) is 0 Å². The number of rotatable bonds is 6. The number of hydrogen-bond acceptors (Lipinski definition) is 5. The van der Waals surface area contributed by atoms with E-state index in [0.717, 1.165) is 30.3 Å². The topological polar surface area (TPSA) is 69.7 Å². The molecule has 1 aromatic rings. The van der Waals surface area contributed by atoms with E-state index in [0.29, 0.717) is 18.4 Å². The van der Waals surface area contributed by atoms with Gasteiger partial charge in [-0.2, -0.15) is 0 Å². The van der Waals surface area contributed by atoms with Crippen LogP contribution < -0.4 is 4.74 Å². The van der Waals surface area contributed by atoms with E-state index in [2.05, 4.69) is 13.8 Å². The fourth-order valence-electron chi connectivity index (χ4n) is 5.38. The Labute approximate surface area is 178 Å². The lowest BCUT2D eigenvalue weighted by Gasteiger charge is -2.57. The number of methoxy groups -OCH3 is 1. The zero-order valence-corrected chi connectivity index (χ0v) is 18.1. The molecule has 0 aliphatic heterocycles. The molecule has 0 aromatic heterocycles. The number of esters is 1. The second-order valence-corrected chi connectivity index (χ2v) is 9.15. The minimum absolute atomic E-state index is 0.0111. The van der Waals surface area contributed by atoms with Crippen LogP contribution in [-0.4, -0.2) is 31.8 Å². The Balaban J connectivity index is 1.82. The van der Waals surface area contributed by atoms with Gasteiger partial charge in [0.25, 0.3) is 0 Å². The van der Waals surface area contributed by atoms with Crippen molar-refractivity contribution in [2.24, 2.45) is 22.7 Å². The molecule has 30 heavy (non-hydrogen) atoms. The summed E-state index contributed by atoms with van der Waals surface area (Å²) in [4.78, 5) is 36.2. The van der Waals surface area contributed by atoms with Crippen LogP contribution in [0.15, 0.2) is 42.0 Å². The van der Waals surface area contributed by atoms with E-state index in [1.165, 1.54) is 6.08 Å². The molecule has 0 amide bonds. The Bertz CT molecular complexity index is 864. The molecule has 0 spiro atoms. The molecule has 1 saturated carbocycles. The van der Waals surface area contributed by atoms with Crippen molar-refractivity contribution in [1.29, 1.82) is 0 Å². The third kappa shape index (κ3) is 3.98. The van der Waals surface area contributed by atoms with Gasteiger partial charge in [-0.1, -0.05) is 39.0 Å². The van der Waals surface area contributed by atoms with Crippen LogP contribution in [0.2, 0.25) is 0 Å². The molecule has 2 aliphatic rings. The molecule has 160 valence electrons. The van der Waals surface area contributed by atoms with Crippen LogP contribution in [-0.2, 0) is 19.1 Å². The number of aldehydes is 2. The maximum absolute atomic E-state index is 12.6. The number of carbonyl (C=O) groups excluding carboxylic acids is 3. The Kier molecular flexibility index (Phi) is 6.30. The van der Waals surface area contributed by atoms with Crippen LogP contribution >= 0.6 is 0 Å². The molecule has 0 unspecified atom stereocenters.